The van der Waals surface area contributed by atoms with Crippen LogP contribution in [-0.4, -0.2) is 29.2 Å². The van der Waals surface area contributed by atoms with Gasteiger partial charge in [0.25, 0.3) is 5.91 Å². The molecular weight excluding hydrogens is 270 g/mol. The zero-order chi connectivity index (χ0) is 15.4. The topological polar surface area (TPSA) is 75.6 Å². The fourth-order valence-electron chi connectivity index (χ4n) is 2.38. The zero-order valence-electron chi connectivity index (χ0n) is 12.3. The number of rotatable bonds is 5. The van der Waals surface area contributed by atoms with E-state index in [2.05, 4.69) is 5.32 Å². The van der Waals surface area contributed by atoms with Gasteiger partial charge in [-0.1, -0.05) is 19.1 Å². The molecular formula is C16H21NO4. The van der Waals surface area contributed by atoms with Gasteiger partial charge < -0.3 is 15.2 Å². The minimum Gasteiger partial charge on any atom is -0.481 e. The summed E-state index contributed by atoms with van der Waals surface area (Å²) in [5.41, 5.74) is 1.64. The maximum absolute atomic E-state index is 12.0. The third kappa shape index (κ3) is 4.29. The lowest BCUT2D eigenvalue weighted by atomic mass is 10.0. The summed E-state index contributed by atoms with van der Waals surface area (Å²) in [5.74, 6) is -1.34. The van der Waals surface area contributed by atoms with E-state index in [0.717, 1.165) is 18.4 Å². The number of anilines is 1. The Hall–Kier alpha value is -1.88. The number of carbonyl (C=O) groups excluding carboxylic acids is 1. The van der Waals surface area contributed by atoms with E-state index in [-0.39, 0.29) is 18.1 Å². The smallest absolute Gasteiger partial charge is 0.306 e. The number of carboxylic acids is 1. The van der Waals surface area contributed by atoms with Gasteiger partial charge in [-0.2, -0.15) is 0 Å². The number of carboxylic acid groups (broad SMARTS) is 1. The van der Waals surface area contributed by atoms with Crippen LogP contribution in [0.1, 0.15) is 32.3 Å². The van der Waals surface area contributed by atoms with E-state index in [4.69, 9.17) is 9.84 Å². The number of aliphatic carboxylic acids is 1. The molecule has 2 N–H and O–H groups in total. The average Bonchev–Trinajstić information content (AvgIpc) is 2.87. The van der Waals surface area contributed by atoms with E-state index >= 15 is 0 Å². The highest BCUT2D eigenvalue weighted by molar-refractivity contribution is 5.94. The monoisotopic (exact) mass is 291 g/mol. The van der Waals surface area contributed by atoms with Crippen LogP contribution in [0.4, 0.5) is 5.69 Å². The van der Waals surface area contributed by atoms with Crippen LogP contribution in [0, 0.1) is 5.92 Å². The molecule has 1 saturated heterocycles. The minimum atomic E-state index is -0.806. The predicted molar refractivity (Wildman–Crippen MR) is 79.1 cm³/mol. The third-order valence-corrected chi connectivity index (χ3v) is 3.71. The van der Waals surface area contributed by atoms with Crippen molar-refractivity contribution in [2.45, 2.75) is 45.3 Å². The summed E-state index contributed by atoms with van der Waals surface area (Å²) in [4.78, 5) is 22.8. The summed E-state index contributed by atoms with van der Waals surface area (Å²) in [6, 6.07) is 7.26. The molecule has 5 nitrogen and oxygen atoms in total. The van der Waals surface area contributed by atoms with E-state index in [1.807, 2.05) is 19.1 Å². The highest BCUT2D eigenvalue weighted by atomic mass is 16.5. The zero-order valence-corrected chi connectivity index (χ0v) is 12.3. The second kappa shape index (κ2) is 6.72. The molecule has 0 bridgehead atoms. The van der Waals surface area contributed by atoms with Gasteiger partial charge in [0.2, 0.25) is 0 Å². The Bertz CT molecular complexity index is 512. The van der Waals surface area contributed by atoms with Crippen LogP contribution >= 0.6 is 0 Å². The lowest BCUT2D eigenvalue weighted by Crippen LogP contribution is -2.27. The Morgan fingerprint density at radius 3 is 2.52 bits per heavy atom. The molecule has 0 aromatic heterocycles. The number of amides is 1. The van der Waals surface area contributed by atoms with E-state index in [9.17, 15) is 9.59 Å². The van der Waals surface area contributed by atoms with E-state index < -0.39 is 11.9 Å². The lowest BCUT2D eigenvalue weighted by Gasteiger charge is -2.12. The van der Waals surface area contributed by atoms with Crippen molar-refractivity contribution >= 4 is 17.6 Å². The molecule has 0 spiro atoms. The minimum absolute atomic E-state index is 0.119. The Morgan fingerprint density at radius 2 is 2.00 bits per heavy atom. The number of ether oxygens (including phenoxy) is 1. The van der Waals surface area contributed by atoms with Gasteiger partial charge in [0.05, 0.1) is 12.0 Å². The van der Waals surface area contributed by atoms with E-state index in [1.54, 1.807) is 19.1 Å². The predicted octanol–water partition coefficient (Wildman–Crippen LogP) is 2.46. The van der Waals surface area contributed by atoms with Crippen molar-refractivity contribution in [2.24, 2.45) is 5.92 Å². The molecule has 0 aliphatic carbocycles. The highest BCUT2D eigenvalue weighted by Crippen LogP contribution is 2.21. The Balaban J connectivity index is 1.90. The Kier molecular flexibility index (Phi) is 4.96. The summed E-state index contributed by atoms with van der Waals surface area (Å²) >= 11 is 0. The molecule has 1 aromatic carbocycles. The van der Waals surface area contributed by atoms with Crippen molar-refractivity contribution in [3.63, 3.8) is 0 Å². The summed E-state index contributed by atoms with van der Waals surface area (Å²) in [5, 5.41) is 11.7. The largest absolute Gasteiger partial charge is 0.481 e. The fourth-order valence-corrected chi connectivity index (χ4v) is 2.38. The van der Waals surface area contributed by atoms with Gasteiger partial charge in [-0.25, -0.2) is 0 Å². The number of benzene rings is 1. The van der Waals surface area contributed by atoms with Crippen molar-refractivity contribution < 1.29 is 19.4 Å². The van der Waals surface area contributed by atoms with Gasteiger partial charge in [-0.3, -0.25) is 9.59 Å². The van der Waals surface area contributed by atoms with Crippen LogP contribution in [0.25, 0.3) is 0 Å². The molecule has 1 aromatic rings. The third-order valence-electron chi connectivity index (χ3n) is 3.71. The van der Waals surface area contributed by atoms with Crippen LogP contribution < -0.4 is 5.32 Å². The number of nitrogens with one attached hydrogen (secondary N) is 1. The van der Waals surface area contributed by atoms with Crippen LogP contribution in [0.3, 0.4) is 0 Å². The molecule has 0 saturated carbocycles. The van der Waals surface area contributed by atoms with Crippen LogP contribution in [0.5, 0.6) is 0 Å². The molecule has 1 amide bonds. The standard InChI is InChI=1S/C16H21NO4/c1-10(16(19)20)9-12-4-6-13(7-5-12)17-15(18)14-8-3-11(2)21-14/h4-7,10-11,14H,3,8-9H2,1-2H3,(H,17,18)(H,19,20). The van der Waals surface area contributed by atoms with Crippen molar-refractivity contribution in [3.05, 3.63) is 29.8 Å². The maximum Gasteiger partial charge on any atom is 0.306 e. The van der Waals surface area contributed by atoms with Crippen molar-refractivity contribution in [1.82, 2.24) is 0 Å². The molecule has 1 aliphatic heterocycles. The number of hydrogen-bond donors (Lipinski definition) is 2. The molecule has 5 heteroatoms. The second-order valence-corrected chi connectivity index (χ2v) is 5.64. The van der Waals surface area contributed by atoms with Gasteiger partial charge in [0, 0.05) is 5.69 Å². The van der Waals surface area contributed by atoms with Gasteiger partial charge in [0.1, 0.15) is 6.10 Å². The first-order valence-corrected chi connectivity index (χ1v) is 7.23. The molecule has 21 heavy (non-hydrogen) atoms. The summed E-state index contributed by atoms with van der Waals surface area (Å²) < 4.78 is 5.52. The number of hydrogen-bond acceptors (Lipinski definition) is 3. The summed E-state index contributed by atoms with van der Waals surface area (Å²) in [7, 11) is 0. The van der Waals surface area contributed by atoms with Crippen molar-refractivity contribution in [1.29, 1.82) is 0 Å². The SMILES string of the molecule is CC1CCC(C(=O)Nc2ccc(CC(C)C(=O)O)cc2)O1. The molecule has 114 valence electrons. The summed E-state index contributed by atoms with van der Waals surface area (Å²) in [6.45, 7) is 3.64. The molecule has 3 unspecified atom stereocenters. The Morgan fingerprint density at radius 1 is 1.33 bits per heavy atom. The molecule has 0 radical (unpaired) electrons. The van der Waals surface area contributed by atoms with Crippen molar-refractivity contribution in [2.75, 3.05) is 5.32 Å². The summed E-state index contributed by atoms with van der Waals surface area (Å²) in [6.07, 6.45) is 1.91. The van der Waals surface area contributed by atoms with Crippen molar-refractivity contribution in [3.8, 4) is 0 Å². The fraction of sp³-hybridized carbons (Fsp3) is 0.500. The molecule has 1 aliphatic rings. The number of carbonyl (C=O) groups is 2. The molecule has 1 heterocycles. The van der Waals surface area contributed by atoms with Gasteiger partial charge in [0.15, 0.2) is 0 Å². The van der Waals surface area contributed by atoms with Gasteiger partial charge >= 0.3 is 5.97 Å². The van der Waals surface area contributed by atoms with Crippen LogP contribution in [0.15, 0.2) is 24.3 Å². The van der Waals surface area contributed by atoms with Gasteiger partial charge in [-0.15, -0.1) is 0 Å². The van der Waals surface area contributed by atoms with Crippen LogP contribution in [-0.2, 0) is 20.7 Å². The molecule has 1 fully saturated rings. The van der Waals surface area contributed by atoms with E-state index in [1.165, 1.54) is 0 Å². The maximum atomic E-state index is 12.0. The quantitative estimate of drug-likeness (QED) is 0.873. The Labute approximate surface area is 124 Å². The normalized spacial score (nSPS) is 22.8. The first kappa shape index (κ1) is 15.5. The molecule has 3 atom stereocenters. The second-order valence-electron chi connectivity index (χ2n) is 5.64. The van der Waals surface area contributed by atoms with Gasteiger partial charge in [-0.05, 0) is 43.9 Å². The van der Waals surface area contributed by atoms with Crippen LogP contribution in [0.2, 0.25) is 0 Å². The van der Waals surface area contributed by atoms with E-state index in [0.29, 0.717) is 12.1 Å². The first-order chi connectivity index (χ1) is 9.95. The average molecular weight is 291 g/mol. The lowest BCUT2D eigenvalue weighted by molar-refractivity contribution is -0.141. The first-order valence-electron chi connectivity index (χ1n) is 7.23. The highest BCUT2D eigenvalue weighted by Gasteiger charge is 2.28. The molecule has 2 rings (SSSR count).